The summed E-state index contributed by atoms with van der Waals surface area (Å²) in [6.45, 7) is 1.97. The summed E-state index contributed by atoms with van der Waals surface area (Å²) in [7, 11) is 0. The number of halogens is 2. The Bertz CT molecular complexity index is 591. The molecule has 1 amide bonds. The van der Waals surface area contributed by atoms with Crippen molar-refractivity contribution in [1.29, 1.82) is 0 Å². The minimum atomic E-state index is -0.0993. The molecule has 0 aromatic heterocycles. The first-order valence-corrected chi connectivity index (χ1v) is 7.74. The fourth-order valence-electron chi connectivity index (χ4n) is 1.82. The molecule has 0 atom stereocenters. The second-order valence-electron chi connectivity index (χ2n) is 4.26. The molecule has 19 heavy (non-hydrogen) atoms. The molecule has 1 N–H and O–H groups in total. The van der Waals surface area contributed by atoms with Crippen molar-refractivity contribution in [3.8, 4) is 0 Å². The molecule has 0 saturated carbocycles. The highest BCUT2D eigenvalue weighted by atomic mass is 79.9. The monoisotopic (exact) mass is 381 g/mol. The van der Waals surface area contributed by atoms with Gasteiger partial charge in [0.2, 0.25) is 0 Å². The van der Waals surface area contributed by atoms with Crippen LogP contribution in [0.25, 0.3) is 0 Å². The average Bonchev–Trinajstić information content (AvgIpc) is 2.38. The standard InChI is InChI=1S/C15H13Br2NO/c1-10-6-12(8-13(17)7-10)15(19)18-14-5-3-2-4-11(14)9-16/h2-8H,9H2,1H3,(H,18,19). The van der Waals surface area contributed by atoms with Crippen LogP contribution >= 0.6 is 31.9 Å². The van der Waals surface area contributed by atoms with Crippen molar-refractivity contribution in [2.45, 2.75) is 12.3 Å². The van der Waals surface area contributed by atoms with Gasteiger partial charge in [-0.3, -0.25) is 4.79 Å². The Morgan fingerprint density at radius 2 is 1.95 bits per heavy atom. The Labute approximate surface area is 129 Å². The van der Waals surface area contributed by atoms with E-state index in [1.165, 1.54) is 0 Å². The quantitative estimate of drug-likeness (QED) is 0.751. The van der Waals surface area contributed by atoms with Gasteiger partial charge in [-0.1, -0.05) is 50.1 Å². The van der Waals surface area contributed by atoms with Crippen molar-refractivity contribution < 1.29 is 4.79 Å². The predicted molar refractivity (Wildman–Crippen MR) is 85.9 cm³/mol. The van der Waals surface area contributed by atoms with E-state index in [9.17, 15) is 4.79 Å². The van der Waals surface area contributed by atoms with Gasteiger partial charge in [-0.25, -0.2) is 0 Å². The van der Waals surface area contributed by atoms with E-state index in [0.717, 1.165) is 21.3 Å². The first-order valence-electron chi connectivity index (χ1n) is 5.82. The van der Waals surface area contributed by atoms with Crippen LogP contribution in [0.1, 0.15) is 21.5 Å². The number of hydrogen-bond acceptors (Lipinski definition) is 1. The lowest BCUT2D eigenvalue weighted by molar-refractivity contribution is 0.102. The summed E-state index contributed by atoms with van der Waals surface area (Å²) in [5.41, 5.74) is 3.59. The molecule has 98 valence electrons. The van der Waals surface area contributed by atoms with E-state index in [4.69, 9.17) is 0 Å². The zero-order valence-corrected chi connectivity index (χ0v) is 13.6. The number of alkyl halides is 1. The smallest absolute Gasteiger partial charge is 0.255 e. The van der Waals surface area contributed by atoms with Gasteiger partial charge < -0.3 is 5.32 Å². The number of para-hydroxylation sites is 1. The molecule has 0 aliphatic carbocycles. The molecule has 2 aromatic rings. The normalized spacial score (nSPS) is 10.3. The third-order valence-corrected chi connectivity index (χ3v) is 3.78. The number of carbonyl (C=O) groups is 1. The molecule has 2 nitrogen and oxygen atoms in total. The maximum absolute atomic E-state index is 12.2. The van der Waals surface area contributed by atoms with Crippen LogP contribution in [0.4, 0.5) is 5.69 Å². The minimum absolute atomic E-state index is 0.0993. The van der Waals surface area contributed by atoms with Crippen molar-refractivity contribution in [2.75, 3.05) is 5.32 Å². The third-order valence-electron chi connectivity index (χ3n) is 2.71. The van der Waals surface area contributed by atoms with Crippen LogP contribution in [0, 0.1) is 6.92 Å². The van der Waals surface area contributed by atoms with Crippen LogP contribution in [0.2, 0.25) is 0 Å². The third kappa shape index (κ3) is 3.67. The van der Waals surface area contributed by atoms with E-state index in [1.807, 2.05) is 49.4 Å². The maximum atomic E-state index is 12.2. The first-order chi connectivity index (χ1) is 9.10. The van der Waals surface area contributed by atoms with Crippen molar-refractivity contribution in [2.24, 2.45) is 0 Å². The molecule has 0 aliphatic heterocycles. The van der Waals surface area contributed by atoms with E-state index in [1.54, 1.807) is 0 Å². The molecule has 0 bridgehead atoms. The molecule has 0 saturated heterocycles. The van der Waals surface area contributed by atoms with E-state index >= 15 is 0 Å². The number of nitrogens with one attached hydrogen (secondary N) is 1. The Morgan fingerprint density at radius 3 is 2.63 bits per heavy atom. The van der Waals surface area contributed by atoms with Gasteiger partial charge in [0.15, 0.2) is 0 Å². The van der Waals surface area contributed by atoms with Crippen molar-refractivity contribution in [3.63, 3.8) is 0 Å². The average molecular weight is 383 g/mol. The molecule has 4 heteroatoms. The lowest BCUT2D eigenvalue weighted by atomic mass is 10.1. The number of amides is 1. The van der Waals surface area contributed by atoms with Crippen molar-refractivity contribution in [1.82, 2.24) is 0 Å². The van der Waals surface area contributed by atoms with Gasteiger partial charge in [-0.2, -0.15) is 0 Å². The van der Waals surface area contributed by atoms with Crippen molar-refractivity contribution in [3.05, 3.63) is 63.6 Å². The van der Waals surface area contributed by atoms with Crippen LogP contribution < -0.4 is 5.32 Å². The Kier molecular flexibility index (Phi) is 4.77. The van der Waals surface area contributed by atoms with Gasteiger partial charge in [0.25, 0.3) is 5.91 Å². The molecule has 0 radical (unpaired) electrons. The largest absolute Gasteiger partial charge is 0.322 e. The highest BCUT2D eigenvalue weighted by Crippen LogP contribution is 2.20. The van der Waals surface area contributed by atoms with E-state index in [2.05, 4.69) is 37.2 Å². The summed E-state index contributed by atoms with van der Waals surface area (Å²) in [5, 5.41) is 3.65. The predicted octanol–water partition coefficient (Wildman–Crippen LogP) is 4.90. The van der Waals surface area contributed by atoms with Gasteiger partial charge in [-0.05, 0) is 42.3 Å². The Morgan fingerprint density at radius 1 is 1.21 bits per heavy atom. The van der Waals surface area contributed by atoms with Gasteiger partial charge in [0.1, 0.15) is 0 Å². The topological polar surface area (TPSA) is 29.1 Å². The van der Waals surface area contributed by atoms with Crippen LogP contribution in [-0.4, -0.2) is 5.91 Å². The first kappa shape index (κ1) is 14.3. The molecule has 2 rings (SSSR count). The second-order valence-corrected chi connectivity index (χ2v) is 5.74. The summed E-state index contributed by atoms with van der Waals surface area (Å²) < 4.78 is 0.909. The Balaban J connectivity index is 2.25. The number of benzene rings is 2. The molecule has 0 heterocycles. The summed E-state index contributed by atoms with van der Waals surface area (Å²) in [5.74, 6) is -0.0993. The van der Waals surface area contributed by atoms with Crippen LogP contribution in [0.3, 0.4) is 0 Å². The number of hydrogen-bond donors (Lipinski definition) is 1. The Hall–Kier alpha value is -1.13. The lowest BCUT2D eigenvalue weighted by Gasteiger charge is -2.10. The fraction of sp³-hybridized carbons (Fsp3) is 0.133. The van der Waals surface area contributed by atoms with Crippen LogP contribution in [0.5, 0.6) is 0 Å². The van der Waals surface area contributed by atoms with Crippen molar-refractivity contribution >= 4 is 43.5 Å². The van der Waals surface area contributed by atoms with E-state index in [-0.39, 0.29) is 5.91 Å². The number of carbonyl (C=O) groups excluding carboxylic acids is 1. The van der Waals surface area contributed by atoms with Gasteiger partial charge in [-0.15, -0.1) is 0 Å². The summed E-state index contributed by atoms with van der Waals surface area (Å²) in [4.78, 5) is 12.2. The minimum Gasteiger partial charge on any atom is -0.322 e. The number of rotatable bonds is 3. The van der Waals surface area contributed by atoms with Gasteiger partial charge >= 0.3 is 0 Å². The number of aryl methyl sites for hydroxylation is 1. The summed E-state index contributed by atoms with van der Waals surface area (Å²) in [6.07, 6.45) is 0. The van der Waals surface area contributed by atoms with E-state index in [0.29, 0.717) is 10.9 Å². The molecule has 0 spiro atoms. The van der Waals surface area contributed by atoms with Gasteiger partial charge in [0.05, 0.1) is 0 Å². The molecular weight excluding hydrogens is 370 g/mol. The van der Waals surface area contributed by atoms with Crippen LogP contribution in [-0.2, 0) is 5.33 Å². The zero-order chi connectivity index (χ0) is 13.8. The molecule has 0 unspecified atom stereocenters. The molecule has 2 aromatic carbocycles. The van der Waals surface area contributed by atoms with Gasteiger partial charge in [0, 0.05) is 21.1 Å². The molecule has 0 aliphatic rings. The zero-order valence-electron chi connectivity index (χ0n) is 10.4. The summed E-state index contributed by atoms with van der Waals surface area (Å²) >= 11 is 6.83. The highest BCUT2D eigenvalue weighted by Gasteiger charge is 2.09. The number of anilines is 1. The SMILES string of the molecule is Cc1cc(Br)cc(C(=O)Nc2ccccc2CBr)c1. The van der Waals surface area contributed by atoms with E-state index < -0.39 is 0 Å². The highest BCUT2D eigenvalue weighted by molar-refractivity contribution is 9.10. The summed E-state index contributed by atoms with van der Waals surface area (Å²) in [6, 6.07) is 13.4. The maximum Gasteiger partial charge on any atom is 0.255 e. The fourth-order valence-corrected chi connectivity index (χ4v) is 2.92. The molecular formula is C15H13Br2NO. The molecule has 0 fully saturated rings. The lowest BCUT2D eigenvalue weighted by Crippen LogP contribution is -2.13. The second kappa shape index (κ2) is 6.35. The van der Waals surface area contributed by atoms with Crippen LogP contribution in [0.15, 0.2) is 46.9 Å².